The van der Waals surface area contributed by atoms with Crippen molar-refractivity contribution in [2.24, 2.45) is 5.73 Å². The fourth-order valence-electron chi connectivity index (χ4n) is 1.74. The second-order valence-electron chi connectivity index (χ2n) is 4.05. The van der Waals surface area contributed by atoms with Crippen LogP contribution in [0, 0.1) is 0 Å². The van der Waals surface area contributed by atoms with E-state index in [1.807, 2.05) is 6.07 Å². The van der Waals surface area contributed by atoms with Crippen molar-refractivity contribution in [3.05, 3.63) is 23.7 Å². The van der Waals surface area contributed by atoms with E-state index in [2.05, 4.69) is 4.90 Å². The maximum atomic E-state index is 11.2. The van der Waals surface area contributed by atoms with Gasteiger partial charge in [0, 0.05) is 25.2 Å². The Bertz CT molecular complexity index is 438. The smallest absolute Gasteiger partial charge is 0.152 e. The van der Waals surface area contributed by atoms with Crippen molar-refractivity contribution in [1.29, 1.82) is 0 Å². The molecular weight excluding hydrogens is 228 g/mol. The minimum absolute atomic E-state index is 0.247. The predicted molar refractivity (Wildman–Crippen MR) is 60.5 cm³/mol. The Balaban J connectivity index is 1.91. The normalized spacial score (nSPS) is 21.1. The molecule has 0 aromatic carbocycles. The second-order valence-corrected chi connectivity index (χ2v) is 6.36. The van der Waals surface area contributed by atoms with Crippen LogP contribution in [0.2, 0.25) is 0 Å². The Hall–Kier alpha value is -0.850. The van der Waals surface area contributed by atoms with Crippen LogP contribution < -0.4 is 5.73 Å². The number of furan rings is 1. The van der Waals surface area contributed by atoms with E-state index in [4.69, 9.17) is 10.2 Å². The third-order valence-electron chi connectivity index (χ3n) is 2.76. The summed E-state index contributed by atoms with van der Waals surface area (Å²) in [6.07, 6.45) is 1.65. The maximum absolute atomic E-state index is 11.2. The topological polar surface area (TPSA) is 76.5 Å². The third-order valence-corrected chi connectivity index (χ3v) is 4.37. The highest BCUT2D eigenvalue weighted by Gasteiger charge is 2.22. The molecule has 1 aliphatic rings. The molecule has 1 aromatic heterocycles. The molecule has 0 saturated carbocycles. The average Bonchev–Trinajstić information content (AvgIpc) is 2.69. The molecule has 16 heavy (non-hydrogen) atoms. The molecule has 2 N–H and O–H groups in total. The Morgan fingerprint density at radius 3 is 2.62 bits per heavy atom. The summed E-state index contributed by atoms with van der Waals surface area (Å²) < 4.78 is 27.8. The molecule has 1 aliphatic heterocycles. The molecule has 0 bridgehead atoms. The van der Waals surface area contributed by atoms with E-state index in [0.717, 1.165) is 11.3 Å². The van der Waals surface area contributed by atoms with Gasteiger partial charge < -0.3 is 10.2 Å². The lowest BCUT2D eigenvalue weighted by atomic mass is 10.3. The van der Waals surface area contributed by atoms with Gasteiger partial charge in [0.2, 0.25) is 0 Å². The van der Waals surface area contributed by atoms with Crippen LogP contribution in [0.15, 0.2) is 16.7 Å². The Labute approximate surface area is 95.1 Å². The SMILES string of the molecule is NCc1coc(CN2CCS(=O)(=O)CC2)c1. The minimum atomic E-state index is -2.80. The highest BCUT2D eigenvalue weighted by atomic mass is 32.2. The number of hydrogen-bond acceptors (Lipinski definition) is 5. The maximum Gasteiger partial charge on any atom is 0.152 e. The zero-order chi connectivity index (χ0) is 11.6. The largest absolute Gasteiger partial charge is 0.468 e. The number of nitrogens with zero attached hydrogens (tertiary/aromatic N) is 1. The molecule has 2 rings (SSSR count). The van der Waals surface area contributed by atoms with Gasteiger partial charge in [-0.25, -0.2) is 8.42 Å². The summed E-state index contributed by atoms with van der Waals surface area (Å²) in [4.78, 5) is 2.08. The molecular formula is C10H16N2O3S. The average molecular weight is 244 g/mol. The highest BCUT2D eigenvalue weighted by molar-refractivity contribution is 7.91. The van der Waals surface area contributed by atoms with Crippen LogP contribution in [0.5, 0.6) is 0 Å². The highest BCUT2D eigenvalue weighted by Crippen LogP contribution is 2.12. The summed E-state index contributed by atoms with van der Waals surface area (Å²) in [7, 11) is -2.80. The van der Waals surface area contributed by atoms with Gasteiger partial charge in [-0.2, -0.15) is 0 Å². The zero-order valence-electron chi connectivity index (χ0n) is 9.05. The van der Waals surface area contributed by atoms with Gasteiger partial charge in [-0.3, -0.25) is 4.90 Å². The number of rotatable bonds is 3. The Morgan fingerprint density at radius 2 is 2.06 bits per heavy atom. The van der Waals surface area contributed by atoms with Gasteiger partial charge in [0.05, 0.1) is 24.3 Å². The molecule has 0 unspecified atom stereocenters. The first-order valence-electron chi connectivity index (χ1n) is 5.28. The first kappa shape index (κ1) is 11.6. The molecule has 0 atom stereocenters. The monoisotopic (exact) mass is 244 g/mol. The fraction of sp³-hybridized carbons (Fsp3) is 0.600. The summed E-state index contributed by atoms with van der Waals surface area (Å²) in [5, 5.41) is 0. The van der Waals surface area contributed by atoms with Crippen LogP contribution in [0.25, 0.3) is 0 Å². The van der Waals surface area contributed by atoms with Crippen LogP contribution in [0.4, 0.5) is 0 Å². The number of hydrogen-bond donors (Lipinski definition) is 1. The fourth-order valence-corrected chi connectivity index (χ4v) is 3.02. The van der Waals surface area contributed by atoms with E-state index in [1.165, 1.54) is 0 Å². The van der Waals surface area contributed by atoms with Crippen molar-refractivity contribution in [3.63, 3.8) is 0 Å². The van der Waals surface area contributed by atoms with Gasteiger partial charge in [-0.15, -0.1) is 0 Å². The van der Waals surface area contributed by atoms with Crippen molar-refractivity contribution in [2.45, 2.75) is 13.1 Å². The third kappa shape index (κ3) is 2.84. The summed E-state index contributed by atoms with van der Waals surface area (Å²) in [5.41, 5.74) is 6.45. The molecule has 1 aromatic rings. The first-order valence-corrected chi connectivity index (χ1v) is 7.10. The van der Waals surface area contributed by atoms with Gasteiger partial charge >= 0.3 is 0 Å². The van der Waals surface area contributed by atoms with Crippen molar-refractivity contribution in [1.82, 2.24) is 4.90 Å². The molecule has 0 radical (unpaired) electrons. The Morgan fingerprint density at radius 1 is 1.38 bits per heavy atom. The molecule has 5 nitrogen and oxygen atoms in total. The van der Waals surface area contributed by atoms with Crippen molar-refractivity contribution in [3.8, 4) is 0 Å². The lowest BCUT2D eigenvalue weighted by Crippen LogP contribution is -2.39. The van der Waals surface area contributed by atoms with Crippen LogP contribution in [0.1, 0.15) is 11.3 Å². The van der Waals surface area contributed by atoms with E-state index in [1.54, 1.807) is 6.26 Å². The molecule has 0 aliphatic carbocycles. The predicted octanol–water partition coefficient (Wildman–Crippen LogP) is -0.0313. The molecule has 90 valence electrons. The molecule has 2 heterocycles. The zero-order valence-corrected chi connectivity index (χ0v) is 9.87. The van der Waals surface area contributed by atoms with Gasteiger partial charge in [0.15, 0.2) is 9.84 Å². The number of sulfone groups is 1. The quantitative estimate of drug-likeness (QED) is 0.808. The summed E-state index contributed by atoms with van der Waals surface area (Å²) in [6, 6.07) is 1.92. The van der Waals surface area contributed by atoms with E-state index in [9.17, 15) is 8.42 Å². The minimum Gasteiger partial charge on any atom is -0.468 e. The standard InChI is InChI=1S/C10H16N2O3S/c11-6-9-5-10(15-8-9)7-12-1-3-16(13,14)4-2-12/h5,8H,1-4,6-7,11H2. The molecule has 1 saturated heterocycles. The summed E-state index contributed by atoms with van der Waals surface area (Å²) in [6.45, 7) is 2.30. The van der Waals surface area contributed by atoms with E-state index < -0.39 is 9.84 Å². The molecule has 1 fully saturated rings. The van der Waals surface area contributed by atoms with E-state index in [0.29, 0.717) is 26.2 Å². The van der Waals surface area contributed by atoms with Crippen molar-refractivity contribution >= 4 is 9.84 Å². The number of nitrogens with two attached hydrogens (primary N) is 1. The Kier molecular flexibility index (Phi) is 3.32. The van der Waals surface area contributed by atoms with Gasteiger partial charge in [-0.05, 0) is 6.07 Å². The lowest BCUT2D eigenvalue weighted by Gasteiger charge is -2.25. The second kappa shape index (κ2) is 4.57. The van der Waals surface area contributed by atoms with Gasteiger partial charge in [0.1, 0.15) is 5.76 Å². The molecule has 0 amide bonds. The van der Waals surface area contributed by atoms with Crippen molar-refractivity contribution < 1.29 is 12.8 Å². The molecule has 0 spiro atoms. The first-order chi connectivity index (χ1) is 7.59. The van der Waals surface area contributed by atoms with Crippen LogP contribution in [0.3, 0.4) is 0 Å². The van der Waals surface area contributed by atoms with Gasteiger partial charge in [0.25, 0.3) is 0 Å². The van der Waals surface area contributed by atoms with E-state index in [-0.39, 0.29) is 11.5 Å². The summed E-state index contributed by atoms with van der Waals surface area (Å²) >= 11 is 0. The van der Waals surface area contributed by atoms with E-state index >= 15 is 0 Å². The van der Waals surface area contributed by atoms with Crippen LogP contribution in [-0.4, -0.2) is 37.9 Å². The van der Waals surface area contributed by atoms with Gasteiger partial charge in [-0.1, -0.05) is 0 Å². The lowest BCUT2D eigenvalue weighted by molar-refractivity contribution is 0.262. The van der Waals surface area contributed by atoms with Crippen LogP contribution >= 0.6 is 0 Å². The molecule has 6 heteroatoms. The van der Waals surface area contributed by atoms with Crippen LogP contribution in [-0.2, 0) is 22.9 Å². The van der Waals surface area contributed by atoms with Crippen molar-refractivity contribution in [2.75, 3.05) is 24.6 Å². The summed E-state index contributed by atoms with van der Waals surface area (Å²) in [5.74, 6) is 1.34.